The maximum absolute atomic E-state index is 12.3. The number of carboxylic acids is 1. The molecule has 0 saturated carbocycles. The lowest BCUT2D eigenvalue weighted by Crippen LogP contribution is -2.22. The number of aryl methyl sites for hydroxylation is 1. The quantitative estimate of drug-likeness (QED) is 0.0919. The van der Waals surface area contributed by atoms with Gasteiger partial charge in [0.05, 0.1) is 12.7 Å². The highest BCUT2D eigenvalue weighted by atomic mass is 19.1. The van der Waals surface area contributed by atoms with E-state index in [2.05, 4.69) is 35.6 Å². The van der Waals surface area contributed by atoms with Crippen molar-refractivity contribution in [2.45, 2.75) is 57.7 Å². The van der Waals surface area contributed by atoms with Crippen molar-refractivity contribution in [2.24, 2.45) is 0 Å². The Kier molecular flexibility index (Phi) is 17.5. The van der Waals surface area contributed by atoms with Gasteiger partial charge in [0, 0.05) is 31.4 Å². The number of hydrogen-bond acceptors (Lipinski definition) is 6. The molecule has 0 heterocycles. The topological polar surface area (TPSA) is 119 Å². The molecule has 1 unspecified atom stereocenters. The molecule has 3 aromatic carbocycles. The highest BCUT2D eigenvalue weighted by Crippen LogP contribution is 2.22. The average molecular weight is 582 g/mol. The Balaban J connectivity index is 0.000000428. The molecule has 0 aliphatic carbocycles. The molecular weight excluding hydrogens is 537 g/mol. The van der Waals surface area contributed by atoms with Crippen molar-refractivity contribution in [1.29, 1.82) is 0 Å². The number of nitrogens with one attached hydrogen (secondary N) is 1. The largest absolute Gasteiger partial charge is 0.508 e. The van der Waals surface area contributed by atoms with Gasteiger partial charge in [-0.25, -0.2) is 9.18 Å². The van der Waals surface area contributed by atoms with Crippen LogP contribution in [0, 0.1) is 5.82 Å². The molecule has 0 spiro atoms. The van der Waals surface area contributed by atoms with Crippen molar-refractivity contribution < 1.29 is 34.3 Å². The van der Waals surface area contributed by atoms with Gasteiger partial charge >= 0.3 is 5.97 Å². The third kappa shape index (κ3) is 15.4. The molecule has 0 radical (unpaired) electrons. The first kappa shape index (κ1) is 34.6. The molecule has 0 bridgehead atoms. The summed E-state index contributed by atoms with van der Waals surface area (Å²) in [6.07, 6.45) is 9.65. The molecular formula is C34H44FNO6. The summed E-state index contributed by atoms with van der Waals surface area (Å²) in [7, 11) is 0. The van der Waals surface area contributed by atoms with Crippen LogP contribution in [0.2, 0.25) is 0 Å². The van der Waals surface area contributed by atoms with Gasteiger partial charge in [-0.3, -0.25) is 0 Å². The fraction of sp³-hybridized carbons (Fsp3) is 0.382. The Labute approximate surface area is 248 Å². The van der Waals surface area contributed by atoms with E-state index in [1.165, 1.54) is 48.4 Å². The maximum atomic E-state index is 12.3. The van der Waals surface area contributed by atoms with E-state index < -0.39 is 12.1 Å². The van der Waals surface area contributed by atoms with Crippen molar-refractivity contribution in [3.63, 3.8) is 0 Å². The SMILES string of the molecule is O=C(O)/C=C/c1ccc(F)cc1.OCc1cc(C(O)CNCCCCCCOCCCCc2ccccc2)ccc1O. The van der Waals surface area contributed by atoms with Crippen LogP contribution < -0.4 is 5.32 Å². The molecule has 0 saturated heterocycles. The Hall–Kier alpha value is -3.56. The van der Waals surface area contributed by atoms with Gasteiger partial charge in [0.15, 0.2) is 0 Å². The Morgan fingerprint density at radius 2 is 1.60 bits per heavy atom. The van der Waals surface area contributed by atoms with E-state index in [9.17, 15) is 24.5 Å². The molecule has 42 heavy (non-hydrogen) atoms. The van der Waals surface area contributed by atoms with Crippen LogP contribution in [0.5, 0.6) is 5.75 Å². The van der Waals surface area contributed by atoms with Gasteiger partial charge in [-0.1, -0.05) is 61.4 Å². The highest BCUT2D eigenvalue weighted by Gasteiger charge is 2.09. The number of aliphatic hydroxyl groups is 2. The zero-order valence-electron chi connectivity index (χ0n) is 24.1. The van der Waals surface area contributed by atoms with Crippen LogP contribution in [0.25, 0.3) is 6.08 Å². The van der Waals surface area contributed by atoms with E-state index >= 15 is 0 Å². The van der Waals surface area contributed by atoms with E-state index in [4.69, 9.17) is 9.84 Å². The summed E-state index contributed by atoms with van der Waals surface area (Å²) in [6.45, 7) is 2.77. The van der Waals surface area contributed by atoms with Gasteiger partial charge in [-0.15, -0.1) is 0 Å². The van der Waals surface area contributed by atoms with Crippen LogP contribution in [0.4, 0.5) is 4.39 Å². The van der Waals surface area contributed by atoms with Crippen LogP contribution in [0.3, 0.4) is 0 Å². The predicted molar refractivity (Wildman–Crippen MR) is 164 cm³/mol. The number of rotatable bonds is 18. The number of unbranched alkanes of at least 4 members (excludes halogenated alkanes) is 4. The standard InChI is InChI=1S/C25H37NO4.C9H7FO2/c27-20-23-18-22(13-14-24(23)28)25(29)19-26-15-7-1-2-8-16-30-17-9-6-12-21-10-4-3-5-11-21;10-8-4-1-7(2-5-8)3-6-9(11)12/h3-5,10-11,13-14,18,25-29H,1-2,6-9,12,15-17,19-20H2;1-6H,(H,11,12)/b;6-3+. The molecule has 0 aliphatic rings. The molecule has 228 valence electrons. The van der Waals surface area contributed by atoms with Crippen LogP contribution >= 0.6 is 0 Å². The van der Waals surface area contributed by atoms with E-state index in [0.29, 0.717) is 23.2 Å². The lowest BCUT2D eigenvalue weighted by atomic mass is 10.1. The van der Waals surface area contributed by atoms with Gasteiger partial charge in [0.1, 0.15) is 11.6 Å². The van der Waals surface area contributed by atoms with Crippen LogP contribution in [-0.4, -0.2) is 52.7 Å². The first-order chi connectivity index (χ1) is 20.4. The zero-order valence-corrected chi connectivity index (χ0v) is 24.1. The highest BCUT2D eigenvalue weighted by molar-refractivity contribution is 5.85. The lowest BCUT2D eigenvalue weighted by Gasteiger charge is -2.14. The van der Waals surface area contributed by atoms with Crippen molar-refractivity contribution in [2.75, 3.05) is 26.3 Å². The van der Waals surface area contributed by atoms with Crippen molar-refractivity contribution in [3.8, 4) is 5.75 Å². The van der Waals surface area contributed by atoms with Gasteiger partial charge in [-0.2, -0.15) is 0 Å². The molecule has 3 rings (SSSR count). The van der Waals surface area contributed by atoms with Crippen LogP contribution in [0.15, 0.2) is 78.9 Å². The minimum absolute atomic E-state index is 0.0533. The molecule has 1 atom stereocenters. The Morgan fingerprint density at radius 1 is 0.905 bits per heavy atom. The molecule has 5 N–H and O–H groups in total. The summed E-state index contributed by atoms with van der Waals surface area (Å²) in [5, 5.41) is 40.5. The van der Waals surface area contributed by atoms with Crippen molar-refractivity contribution in [1.82, 2.24) is 5.32 Å². The number of aliphatic hydroxyl groups excluding tert-OH is 2. The monoisotopic (exact) mass is 581 g/mol. The first-order valence-corrected chi connectivity index (χ1v) is 14.5. The zero-order chi connectivity index (χ0) is 30.4. The smallest absolute Gasteiger partial charge is 0.328 e. The molecule has 0 fully saturated rings. The normalized spacial score (nSPS) is 11.7. The fourth-order valence-corrected chi connectivity index (χ4v) is 4.13. The van der Waals surface area contributed by atoms with Gasteiger partial charge < -0.3 is 30.5 Å². The second-order valence-electron chi connectivity index (χ2n) is 9.96. The van der Waals surface area contributed by atoms with Gasteiger partial charge in [0.2, 0.25) is 0 Å². The number of aromatic hydroxyl groups is 1. The second kappa shape index (κ2) is 21.2. The lowest BCUT2D eigenvalue weighted by molar-refractivity contribution is -0.131. The summed E-state index contributed by atoms with van der Waals surface area (Å²) in [5.74, 6) is -1.29. The number of carboxylic acid groups (broad SMARTS) is 1. The minimum atomic E-state index is -1.01. The summed E-state index contributed by atoms with van der Waals surface area (Å²) in [5.41, 5.74) is 3.20. The number of hydrogen-bond donors (Lipinski definition) is 5. The molecule has 3 aromatic rings. The third-order valence-corrected chi connectivity index (χ3v) is 6.52. The summed E-state index contributed by atoms with van der Waals surface area (Å²) < 4.78 is 18.1. The van der Waals surface area contributed by atoms with E-state index in [0.717, 1.165) is 64.4 Å². The van der Waals surface area contributed by atoms with Gasteiger partial charge in [0.25, 0.3) is 0 Å². The Morgan fingerprint density at radius 3 is 2.29 bits per heavy atom. The summed E-state index contributed by atoms with van der Waals surface area (Å²) in [4.78, 5) is 10.1. The number of ether oxygens (including phenoxy) is 1. The maximum Gasteiger partial charge on any atom is 0.328 e. The van der Waals surface area contributed by atoms with E-state index in [1.807, 2.05) is 0 Å². The average Bonchev–Trinajstić information content (AvgIpc) is 3.00. The van der Waals surface area contributed by atoms with Crippen LogP contribution in [-0.2, 0) is 22.6 Å². The summed E-state index contributed by atoms with van der Waals surface area (Å²) >= 11 is 0. The molecule has 0 aliphatic heterocycles. The number of halogens is 1. The predicted octanol–water partition coefficient (Wildman–Crippen LogP) is 6.03. The Bertz CT molecular complexity index is 1170. The third-order valence-electron chi connectivity index (χ3n) is 6.52. The summed E-state index contributed by atoms with van der Waals surface area (Å²) in [6, 6.07) is 21.0. The number of aliphatic carboxylic acids is 1. The van der Waals surface area contributed by atoms with Crippen molar-refractivity contribution in [3.05, 3.63) is 107 Å². The molecule has 7 nitrogen and oxygen atoms in total. The fourth-order valence-electron chi connectivity index (χ4n) is 4.13. The first-order valence-electron chi connectivity index (χ1n) is 14.5. The van der Waals surface area contributed by atoms with Gasteiger partial charge in [-0.05, 0) is 85.7 Å². The molecule has 0 aromatic heterocycles. The number of carbonyl (C=O) groups is 1. The minimum Gasteiger partial charge on any atom is -0.508 e. The van der Waals surface area contributed by atoms with Crippen LogP contribution in [0.1, 0.15) is 66.9 Å². The molecule has 0 amide bonds. The van der Waals surface area contributed by atoms with Crippen molar-refractivity contribution >= 4 is 12.0 Å². The van der Waals surface area contributed by atoms with E-state index in [-0.39, 0.29) is 18.2 Å². The number of phenols is 1. The van der Waals surface area contributed by atoms with E-state index in [1.54, 1.807) is 12.1 Å². The molecule has 8 heteroatoms. The second-order valence-corrected chi connectivity index (χ2v) is 9.96. The number of benzene rings is 3.